The van der Waals surface area contributed by atoms with E-state index >= 15 is 0 Å². The second-order valence-electron chi connectivity index (χ2n) is 6.65. The summed E-state index contributed by atoms with van der Waals surface area (Å²) in [6.07, 6.45) is -0.600. The molecular formula is C23H23N3O2. The van der Waals surface area contributed by atoms with E-state index in [1.165, 1.54) is 0 Å². The van der Waals surface area contributed by atoms with Crippen LogP contribution in [0.2, 0.25) is 0 Å². The van der Waals surface area contributed by atoms with Gasteiger partial charge in [0.2, 0.25) is 0 Å². The highest BCUT2D eigenvalue weighted by Gasteiger charge is 2.35. The van der Waals surface area contributed by atoms with Crippen LogP contribution in [0.4, 0.5) is 0 Å². The van der Waals surface area contributed by atoms with Gasteiger partial charge in [0.25, 0.3) is 0 Å². The molecule has 0 spiro atoms. The summed E-state index contributed by atoms with van der Waals surface area (Å²) in [7, 11) is 3.44. The van der Waals surface area contributed by atoms with E-state index in [9.17, 15) is 0 Å². The highest BCUT2D eigenvalue weighted by molar-refractivity contribution is 5.74. The third-order valence-electron chi connectivity index (χ3n) is 5.06. The maximum Gasteiger partial charge on any atom is 0.161 e. The molecule has 0 aliphatic carbocycles. The summed E-state index contributed by atoms with van der Waals surface area (Å²) in [6.45, 7) is 0. The van der Waals surface area contributed by atoms with Gasteiger partial charge in [0.1, 0.15) is 5.52 Å². The molecule has 5 nitrogen and oxygen atoms in total. The summed E-state index contributed by atoms with van der Waals surface area (Å²) in [5.74, 6) is -0.122. The molecule has 0 aliphatic rings. The Morgan fingerprint density at radius 1 is 0.714 bits per heavy atom. The molecule has 28 heavy (non-hydrogen) atoms. The van der Waals surface area contributed by atoms with Gasteiger partial charge in [-0.15, -0.1) is 5.10 Å². The molecule has 0 amide bonds. The fourth-order valence-electron chi connectivity index (χ4n) is 3.77. The van der Waals surface area contributed by atoms with Gasteiger partial charge in [0.15, 0.2) is 6.23 Å². The zero-order valence-electron chi connectivity index (χ0n) is 16.0. The Bertz CT molecular complexity index is 1020. The van der Waals surface area contributed by atoms with Crippen molar-refractivity contribution in [2.24, 2.45) is 0 Å². The smallest absolute Gasteiger partial charge is 0.161 e. The van der Waals surface area contributed by atoms with Crippen LogP contribution in [0.5, 0.6) is 0 Å². The maximum atomic E-state index is 6.00. The molecule has 0 fully saturated rings. The fourth-order valence-corrected chi connectivity index (χ4v) is 3.77. The van der Waals surface area contributed by atoms with Crippen molar-refractivity contribution in [2.45, 2.75) is 18.2 Å². The Labute approximate surface area is 164 Å². The van der Waals surface area contributed by atoms with E-state index in [1.54, 1.807) is 14.2 Å². The molecule has 0 bridgehead atoms. The van der Waals surface area contributed by atoms with Gasteiger partial charge in [-0.05, 0) is 23.3 Å². The van der Waals surface area contributed by atoms with Gasteiger partial charge in [-0.25, -0.2) is 4.68 Å². The molecular weight excluding hydrogens is 350 g/mol. The minimum Gasteiger partial charge on any atom is -0.376 e. The number of benzene rings is 3. The third kappa shape index (κ3) is 3.42. The Hall–Kier alpha value is -3.02. The molecule has 0 aliphatic heterocycles. The van der Waals surface area contributed by atoms with Crippen LogP contribution in [0.1, 0.15) is 29.4 Å². The summed E-state index contributed by atoms with van der Waals surface area (Å²) in [6, 6.07) is 28.4. The quantitative estimate of drug-likeness (QED) is 0.469. The van der Waals surface area contributed by atoms with E-state index < -0.39 is 0 Å². The predicted molar refractivity (Wildman–Crippen MR) is 109 cm³/mol. The minimum absolute atomic E-state index is 0.122. The normalized spacial score (nSPS) is 14.6. The van der Waals surface area contributed by atoms with E-state index in [1.807, 2.05) is 65.3 Å². The van der Waals surface area contributed by atoms with Crippen LogP contribution < -0.4 is 0 Å². The molecule has 4 aromatic rings. The van der Waals surface area contributed by atoms with Crippen LogP contribution in [0.3, 0.4) is 0 Å². The van der Waals surface area contributed by atoms with Crippen molar-refractivity contribution < 1.29 is 9.47 Å². The zero-order valence-corrected chi connectivity index (χ0v) is 16.0. The van der Waals surface area contributed by atoms with Gasteiger partial charge in [-0.1, -0.05) is 78.0 Å². The van der Waals surface area contributed by atoms with Crippen molar-refractivity contribution >= 4 is 11.0 Å². The number of para-hydroxylation sites is 1. The van der Waals surface area contributed by atoms with Crippen molar-refractivity contribution in [3.8, 4) is 0 Å². The van der Waals surface area contributed by atoms with E-state index in [0.717, 1.165) is 22.2 Å². The Morgan fingerprint density at radius 3 is 1.96 bits per heavy atom. The second-order valence-corrected chi connectivity index (χ2v) is 6.65. The molecule has 1 aromatic heterocycles. The van der Waals surface area contributed by atoms with Crippen molar-refractivity contribution in [3.63, 3.8) is 0 Å². The van der Waals surface area contributed by atoms with Gasteiger partial charge in [-0.3, -0.25) is 0 Å². The van der Waals surface area contributed by atoms with E-state index in [4.69, 9.17) is 9.47 Å². The topological polar surface area (TPSA) is 49.2 Å². The molecule has 4 rings (SSSR count). The number of nitrogens with zero attached hydrogens (tertiary/aromatic N) is 3. The highest BCUT2D eigenvalue weighted by Crippen LogP contribution is 2.42. The molecule has 3 aromatic carbocycles. The lowest BCUT2D eigenvalue weighted by Gasteiger charge is -2.33. The molecule has 142 valence electrons. The van der Waals surface area contributed by atoms with Gasteiger partial charge in [0.05, 0.1) is 17.5 Å². The lowest BCUT2D eigenvalue weighted by molar-refractivity contribution is -0.0434. The standard InChI is InChI=1S/C23H23N3O2/c1-27-22(18-13-7-4-8-14-18)21(17-11-5-3-6-12-17)23(28-2)26-20-16-10-9-15-19(20)24-25-26/h3-16,21-23H,1-2H3/t21-,22+,23+/m0/s1. The first kappa shape index (κ1) is 18.3. The molecule has 0 N–H and O–H groups in total. The van der Waals surface area contributed by atoms with Crippen molar-refractivity contribution in [1.82, 2.24) is 15.0 Å². The molecule has 0 radical (unpaired) electrons. The molecule has 5 heteroatoms. The van der Waals surface area contributed by atoms with Gasteiger partial charge < -0.3 is 9.47 Å². The Kier molecular flexibility index (Phi) is 5.46. The highest BCUT2D eigenvalue weighted by atomic mass is 16.5. The monoisotopic (exact) mass is 373 g/mol. The number of aromatic nitrogens is 3. The largest absolute Gasteiger partial charge is 0.376 e. The lowest BCUT2D eigenvalue weighted by atomic mass is 9.87. The first-order chi connectivity index (χ1) is 13.8. The van der Waals surface area contributed by atoms with E-state index in [2.05, 4.69) is 34.6 Å². The number of ether oxygens (including phenoxy) is 2. The van der Waals surface area contributed by atoms with Crippen LogP contribution >= 0.6 is 0 Å². The summed E-state index contributed by atoms with van der Waals surface area (Å²) in [5, 5.41) is 8.72. The minimum atomic E-state index is -0.389. The predicted octanol–water partition coefficient (Wildman–Crippen LogP) is 4.75. The van der Waals surface area contributed by atoms with Crippen LogP contribution in [0.25, 0.3) is 11.0 Å². The molecule has 0 saturated carbocycles. The third-order valence-corrected chi connectivity index (χ3v) is 5.06. The molecule has 1 heterocycles. The summed E-state index contributed by atoms with van der Waals surface area (Å²) < 4.78 is 13.9. The SMILES string of the molecule is CO[C@H](c1ccccc1)[C@H](c1ccccc1)[C@@H](OC)n1nnc2ccccc21. The van der Waals surface area contributed by atoms with Gasteiger partial charge >= 0.3 is 0 Å². The molecule has 0 saturated heterocycles. The van der Waals surface area contributed by atoms with Gasteiger partial charge in [-0.2, -0.15) is 0 Å². The second kappa shape index (κ2) is 8.33. The van der Waals surface area contributed by atoms with E-state index in [0.29, 0.717) is 0 Å². The number of fused-ring (bicyclic) bond motifs is 1. The molecule has 0 unspecified atom stereocenters. The zero-order chi connectivity index (χ0) is 19.3. The molecule has 3 atom stereocenters. The van der Waals surface area contributed by atoms with Crippen molar-refractivity contribution in [2.75, 3.05) is 14.2 Å². The Balaban J connectivity index is 1.86. The van der Waals surface area contributed by atoms with Crippen molar-refractivity contribution in [3.05, 3.63) is 96.1 Å². The van der Waals surface area contributed by atoms with E-state index in [-0.39, 0.29) is 18.2 Å². The lowest BCUT2D eigenvalue weighted by Crippen LogP contribution is -2.27. The number of rotatable bonds is 7. The maximum absolute atomic E-state index is 6.00. The van der Waals surface area contributed by atoms with Gasteiger partial charge in [0, 0.05) is 14.2 Å². The first-order valence-electron chi connectivity index (χ1n) is 9.29. The summed E-state index contributed by atoms with van der Waals surface area (Å²) in [4.78, 5) is 0. The average molecular weight is 373 g/mol. The number of methoxy groups -OCH3 is 2. The van der Waals surface area contributed by atoms with Crippen LogP contribution in [-0.2, 0) is 9.47 Å². The van der Waals surface area contributed by atoms with Crippen LogP contribution in [-0.4, -0.2) is 29.2 Å². The number of hydrogen-bond donors (Lipinski definition) is 0. The fraction of sp³-hybridized carbons (Fsp3) is 0.217. The van der Waals surface area contributed by atoms with Crippen LogP contribution in [0.15, 0.2) is 84.9 Å². The van der Waals surface area contributed by atoms with Crippen molar-refractivity contribution in [1.29, 1.82) is 0 Å². The summed E-state index contributed by atoms with van der Waals surface area (Å²) in [5.41, 5.74) is 3.97. The number of hydrogen-bond acceptors (Lipinski definition) is 4. The first-order valence-corrected chi connectivity index (χ1v) is 9.29. The summed E-state index contributed by atoms with van der Waals surface area (Å²) >= 11 is 0. The Morgan fingerprint density at radius 2 is 1.32 bits per heavy atom. The van der Waals surface area contributed by atoms with Crippen LogP contribution in [0, 0.1) is 0 Å². The average Bonchev–Trinajstić information content (AvgIpc) is 3.19.